The van der Waals surface area contributed by atoms with E-state index in [1.165, 1.54) is 0 Å². The highest BCUT2D eigenvalue weighted by molar-refractivity contribution is 5.94. The van der Waals surface area contributed by atoms with Crippen LogP contribution in [0.2, 0.25) is 0 Å². The maximum atomic E-state index is 11.8. The number of amides is 1. The summed E-state index contributed by atoms with van der Waals surface area (Å²) in [6, 6.07) is 5.47. The van der Waals surface area contributed by atoms with Crippen molar-refractivity contribution in [3.63, 3.8) is 0 Å². The van der Waals surface area contributed by atoms with Gasteiger partial charge in [0.15, 0.2) is 5.78 Å². The first-order valence-electron chi connectivity index (χ1n) is 7.58. The van der Waals surface area contributed by atoms with Crippen molar-refractivity contribution in [2.24, 2.45) is 0 Å². The lowest BCUT2D eigenvalue weighted by Gasteiger charge is -2.08. The molecule has 1 amide bonds. The third-order valence-corrected chi connectivity index (χ3v) is 3.80. The van der Waals surface area contributed by atoms with Gasteiger partial charge >= 0.3 is 0 Å². The topological polar surface area (TPSA) is 84.8 Å². The summed E-state index contributed by atoms with van der Waals surface area (Å²) in [6.45, 7) is 3.75. The Balaban J connectivity index is 2.01. The number of aryl methyl sites for hydroxylation is 1. The van der Waals surface area contributed by atoms with Gasteiger partial charge < -0.3 is 5.32 Å². The summed E-state index contributed by atoms with van der Waals surface area (Å²) in [4.78, 5) is 35.1. The molecule has 0 aliphatic carbocycles. The van der Waals surface area contributed by atoms with E-state index in [9.17, 15) is 9.59 Å². The number of anilines is 1. The molecule has 0 radical (unpaired) electrons. The summed E-state index contributed by atoms with van der Waals surface area (Å²) in [5.41, 5.74) is 3.06. The van der Waals surface area contributed by atoms with Gasteiger partial charge in [-0.2, -0.15) is 0 Å². The van der Waals surface area contributed by atoms with E-state index in [2.05, 4.69) is 20.3 Å². The zero-order valence-electron chi connectivity index (χ0n) is 13.4. The zero-order chi connectivity index (χ0) is 17.1. The van der Waals surface area contributed by atoms with Crippen LogP contribution in [0.3, 0.4) is 0 Å². The fourth-order valence-corrected chi connectivity index (χ4v) is 2.48. The minimum absolute atomic E-state index is 0.0236. The van der Waals surface area contributed by atoms with Crippen molar-refractivity contribution >= 4 is 28.8 Å². The van der Waals surface area contributed by atoms with Crippen molar-refractivity contribution in [2.75, 3.05) is 5.32 Å². The molecule has 6 heteroatoms. The van der Waals surface area contributed by atoms with Gasteiger partial charge in [-0.3, -0.25) is 19.6 Å². The van der Waals surface area contributed by atoms with E-state index in [-0.39, 0.29) is 5.78 Å². The smallest absolute Gasteiger partial charge is 0.212 e. The molecule has 0 fully saturated rings. The van der Waals surface area contributed by atoms with E-state index in [4.69, 9.17) is 0 Å². The molecular weight excluding hydrogens is 304 g/mol. The Kier molecular flexibility index (Phi) is 4.29. The first-order chi connectivity index (χ1) is 11.6. The number of ketones is 1. The number of fused-ring (bicyclic) bond motifs is 1. The third-order valence-electron chi connectivity index (χ3n) is 3.80. The van der Waals surface area contributed by atoms with Crippen LogP contribution < -0.4 is 5.32 Å². The van der Waals surface area contributed by atoms with E-state index >= 15 is 0 Å². The molecule has 0 aliphatic heterocycles. The van der Waals surface area contributed by atoms with E-state index in [0.717, 1.165) is 27.6 Å². The number of nitrogens with zero attached hydrogens (tertiary/aromatic N) is 3. The maximum absolute atomic E-state index is 11.8. The van der Waals surface area contributed by atoms with Gasteiger partial charge in [-0.15, -0.1) is 0 Å². The Morgan fingerprint density at radius 2 is 1.83 bits per heavy atom. The number of Topliss-reactive ketones (excluding diaryl/α,β-unsaturated/α-hetero) is 1. The Morgan fingerprint density at radius 3 is 2.54 bits per heavy atom. The van der Waals surface area contributed by atoms with Crippen molar-refractivity contribution in [2.45, 2.75) is 20.3 Å². The number of carbonyl (C=O) groups is 2. The molecule has 0 saturated heterocycles. The highest BCUT2D eigenvalue weighted by atomic mass is 16.1. The maximum Gasteiger partial charge on any atom is 0.212 e. The Labute approximate surface area is 139 Å². The van der Waals surface area contributed by atoms with Crippen LogP contribution in [0.15, 0.2) is 36.8 Å². The largest absolute Gasteiger partial charge is 0.313 e. The molecule has 0 spiro atoms. The van der Waals surface area contributed by atoms with Gasteiger partial charge in [0.05, 0.1) is 5.69 Å². The Morgan fingerprint density at radius 1 is 1.08 bits per heavy atom. The highest BCUT2D eigenvalue weighted by Gasteiger charge is 2.10. The van der Waals surface area contributed by atoms with Gasteiger partial charge in [0.1, 0.15) is 11.5 Å². The summed E-state index contributed by atoms with van der Waals surface area (Å²) in [6.07, 6.45) is 6.12. The lowest BCUT2D eigenvalue weighted by Crippen LogP contribution is -2.02. The summed E-state index contributed by atoms with van der Waals surface area (Å²) in [5.74, 6) is 0.503. The molecule has 3 aromatic rings. The van der Waals surface area contributed by atoms with E-state index in [0.29, 0.717) is 24.3 Å². The number of hydrogen-bond donors (Lipinski definition) is 1. The average molecular weight is 320 g/mol. The molecule has 0 atom stereocenters. The second kappa shape index (κ2) is 6.54. The van der Waals surface area contributed by atoms with Gasteiger partial charge in [0.25, 0.3) is 0 Å². The molecule has 120 valence electrons. The number of aromatic nitrogens is 3. The normalized spacial score (nSPS) is 10.6. The Bertz CT molecular complexity index is 937. The quantitative estimate of drug-likeness (QED) is 0.576. The van der Waals surface area contributed by atoms with Crippen molar-refractivity contribution in [3.8, 4) is 11.3 Å². The molecule has 0 aromatic carbocycles. The van der Waals surface area contributed by atoms with Gasteiger partial charge in [-0.1, -0.05) is 6.92 Å². The molecule has 0 aliphatic rings. The van der Waals surface area contributed by atoms with Gasteiger partial charge in [-0.25, -0.2) is 4.98 Å². The number of rotatable bonds is 5. The van der Waals surface area contributed by atoms with Crippen LogP contribution in [-0.4, -0.2) is 27.1 Å². The fraction of sp³-hybridized carbons (Fsp3) is 0.167. The van der Waals surface area contributed by atoms with E-state index < -0.39 is 0 Å². The summed E-state index contributed by atoms with van der Waals surface area (Å²) in [7, 11) is 0. The Hall–Kier alpha value is -3.15. The standard InChI is InChI=1S/C18H16N4O2/c1-3-17(24)16-4-11(2)14(9-20-16)15-5-12-8-21-18(22-10-23)6-13(12)7-19-15/h4-10H,3H2,1-2H3,(H,21,22,23). The van der Waals surface area contributed by atoms with Crippen LogP contribution in [0.4, 0.5) is 5.82 Å². The number of hydrogen-bond acceptors (Lipinski definition) is 5. The molecule has 6 nitrogen and oxygen atoms in total. The first-order valence-corrected chi connectivity index (χ1v) is 7.58. The average Bonchev–Trinajstić information content (AvgIpc) is 2.61. The number of nitrogens with one attached hydrogen (secondary N) is 1. The fourth-order valence-electron chi connectivity index (χ4n) is 2.48. The van der Waals surface area contributed by atoms with Crippen LogP contribution in [0.25, 0.3) is 22.0 Å². The van der Waals surface area contributed by atoms with Crippen LogP contribution >= 0.6 is 0 Å². The molecule has 3 rings (SSSR count). The second-order valence-electron chi connectivity index (χ2n) is 5.41. The van der Waals surface area contributed by atoms with Crippen molar-refractivity contribution < 1.29 is 9.59 Å². The SMILES string of the molecule is CCC(=O)c1cc(C)c(-c2cc3cnc(NC=O)cc3cn2)cn1. The molecule has 3 heterocycles. The first kappa shape index (κ1) is 15.7. The van der Waals surface area contributed by atoms with Crippen molar-refractivity contribution in [1.29, 1.82) is 0 Å². The molecule has 24 heavy (non-hydrogen) atoms. The van der Waals surface area contributed by atoms with Gasteiger partial charge in [0, 0.05) is 41.3 Å². The summed E-state index contributed by atoms with van der Waals surface area (Å²) < 4.78 is 0. The highest BCUT2D eigenvalue weighted by Crippen LogP contribution is 2.25. The number of carbonyl (C=O) groups excluding carboxylic acids is 2. The van der Waals surface area contributed by atoms with E-state index in [1.807, 2.05) is 19.9 Å². The van der Waals surface area contributed by atoms with E-state index in [1.54, 1.807) is 30.7 Å². The molecule has 0 bridgehead atoms. The predicted molar refractivity (Wildman–Crippen MR) is 91.8 cm³/mol. The van der Waals surface area contributed by atoms with Crippen LogP contribution in [-0.2, 0) is 4.79 Å². The van der Waals surface area contributed by atoms with Crippen LogP contribution in [0.1, 0.15) is 29.4 Å². The van der Waals surface area contributed by atoms with Crippen LogP contribution in [0, 0.1) is 6.92 Å². The van der Waals surface area contributed by atoms with Crippen LogP contribution in [0.5, 0.6) is 0 Å². The number of pyridine rings is 3. The zero-order valence-corrected chi connectivity index (χ0v) is 13.4. The molecule has 0 saturated carbocycles. The molecule has 1 N–H and O–H groups in total. The lowest BCUT2D eigenvalue weighted by molar-refractivity contribution is -0.105. The predicted octanol–water partition coefficient (Wildman–Crippen LogP) is 3.16. The molecule has 0 unspecified atom stereocenters. The van der Waals surface area contributed by atoms with Gasteiger partial charge in [0.2, 0.25) is 6.41 Å². The molecule has 3 aromatic heterocycles. The summed E-state index contributed by atoms with van der Waals surface area (Å²) >= 11 is 0. The molecular formula is C18H16N4O2. The monoisotopic (exact) mass is 320 g/mol. The minimum Gasteiger partial charge on any atom is -0.313 e. The van der Waals surface area contributed by atoms with Gasteiger partial charge in [-0.05, 0) is 30.7 Å². The third kappa shape index (κ3) is 2.99. The van der Waals surface area contributed by atoms with Crippen molar-refractivity contribution in [1.82, 2.24) is 15.0 Å². The second-order valence-corrected chi connectivity index (χ2v) is 5.41. The minimum atomic E-state index is 0.0236. The van der Waals surface area contributed by atoms with Crippen molar-refractivity contribution in [3.05, 3.63) is 48.0 Å². The summed E-state index contributed by atoms with van der Waals surface area (Å²) in [5, 5.41) is 4.30. The lowest BCUT2D eigenvalue weighted by atomic mass is 10.0.